The summed E-state index contributed by atoms with van der Waals surface area (Å²) in [6, 6.07) is 19.5. The molecule has 2 aromatic rings. The van der Waals surface area contributed by atoms with E-state index in [0.717, 1.165) is 11.1 Å². The van der Waals surface area contributed by atoms with Crippen molar-refractivity contribution in [1.82, 2.24) is 10.6 Å². The Bertz CT molecular complexity index is 770. The van der Waals surface area contributed by atoms with Crippen LogP contribution >= 0.6 is 0 Å². The van der Waals surface area contributed by atoms with Crippen molar-refractivity contribution < 1.29 is 19.8 Å². The molecular weight excluding hydrogens is 392 g/mol. The molecular formula is C25H32N2O4. The molecule has 0 heterocycles. The fraction of sp³-hybridized carbons (Fsp3) is 0.440. The molecule has 6 heteroatoms. The summed E-state index contributed by atoms with van der Waals surface area (Å²) < 4.78 is 0. The maximum atomic E-state index is 12.9. The lowest BCUT2D eigenvalue weighted by molar-refractivity contribution is -0.137. The normalized spacial score (nSPS) is 16.2. The monoisotopic (exact) mass is 424 g/mol. The van der Waals surface area contributed by atoms with E-state index in [1.165, 1.54) is 0 Å². The molecule has 0 spiro atoms. The average molecular weight is 425 g/mol. The number of benzene rings is 2. The average Bonchev–Trinajstić information content (AvgIpc) is 3.62. The van der Waals surface area contributed by atoms with E-state index < -0.39 is 5.41 Å². The lowest BCUT2D eigenvalue weighted by atomic mass is 9.94. The number of hydrogen-bond donors (Lipinski definition) is 4. The number of carbonyl (C=O) groups is 2. The van der Waals surface area contributed by atoms with Crippen molar-refractivity contribution >= 4 is 11.8 Å². The van der Waals surface area contributed by atoms with Gasteiger partial charge in [-0.25, -0.2) is 0 Å². The second-order valence-electron chi connectivity index (χ2n) is 8.24. The van der Waals surface area contributed by atoms with Crippen molar-refractivity contribution in [1.29, 1.82) is 0 Å². The number of hydrogen-bond acceptors (Lipinski definition) is 4. The van der Waals surface area contributed by atoms with Gasteiger partial charge in [0.2, 0.25) is 11.8 Å². The summed E-state index contributed by atoms with van der Waals surface area (Å²) in [5, 5.41) is 24.7. The van der Waals surface area contributed by atoms with Crippen LogP contribution in [0.3, 0.4) is 0 Å². The van der Waals surface area contributed by atoms with Crippen LogP contribution < -0.4 is 10.6 Å². The molecule has 4 N–H and O–H groups in total. The summed E-state index contributed by atoms with van der Waals surface area (Å²) in [7, 11) is 0. The first-order chi connectivity index (χ1) is 15.1. The third-order valence-electron chi connectivity index (χ3n) is 6.13. The van der Waals surface area contributed by atoms with Gasteiger partial charge < -0.3 is 20.8 Å². The van der Waals surface area contributed by atoms with Crippen molar-refractivity contribution in [2.45, 2.75) is 37.5 Å². The first-order valence-corrected chi connectivity index (χ1v) is 11.0. The number of aliphatic hydroxyl groups is 2. The van der Waals surface area contributed by atoms with E-state index in [0.29, 0.717) is 38.8 Å². The van der Waals surface area contributed by atoms with Crippen LogP contribution in [0.15, 0.2) is 60.7 Å². The number of carbonyl (C=O) groups excluding carboxylic acids is 2. The van der Waals surface area contributed by atoms with E-state index >= 15 is 0 Å². The minimum atomic E-state index is -0.999. The van der Waals surface area contributed by atoms with Crippen LogP contribution in [-0.2, 0) is 9.59 Å². The quantitative estimate of drug-likeness (QED) is 0.393. The van der Waals surface area contributed by atoms with Gasteiger partial charge >= 0.3 is 0 Å². The highest BCUT2D eigenvalue weighted by atomic mass is 16.3. The van der Waals surface area contributed by atoms with E-state index in [2.05, 4.69) is 10.6 Å². The Balaban J connectivity index is 1.56. The molecule has 0 aliphatic heterocycles. The Hall–Kier alpha value is -2.70. The van der Waals surface area contributed by atoms with E-state index in [1.54, 1.807) is 0 Å². The second-order valence-corrected chi connectivity index (χ2v) is 8.24. The molecule has 0 saturated heterocycles. The molecule has 1 aliphatic carbocycles. The highest BCUT2D eigenvalue weighted by Crippen LogP contribution is 2.46. The largest absolute Gasteiger partial charge is 0.396 e. The van der Waals surface area contributed by atoms with Crippen molar-refractivity contribution in [2.24, 2.45) is 5.41 Å². The highest BCUT2D eigenvalue weighted by Gasteiger charge is 2.56. The Labute approximate surface area is 183 Å². The third-order valence-corrected chi connectivity index (χ3v) is 6.13. The molecule has 1 fully saturated rings. The van der Waals surface area contributed by atoms with Crippen molar-refractivity contribution in [2.75, 3.05) is 26.3 Å². The number of rotatable bonds is 12. The molecule has 2 amide bonds. The van der Waals surface area contributed by atoms with Gasteiger partial charge in [-0.3, -0.25) is 9.59 Å². The van der Waals surface area contributed by atoms with Gasteiger partial charge in [0.05, 0.1) is 0 Å². The minimum absolute atomic E-state index is 0.000950. The van der Waals surface area contributed by atoms with Gasteiger partial charge in [0.25, 0.3) is 0 Å². The predicted octanol–water partition coefficient (Wildman–Crippen LogP) is 2.33. The van der Waals surface area contributed by atoms with Gasteiger partial charge in [0.1, 0.15) is 5.41 Å². The Morgan fingerprint density at radius 1 is 0.742 bits per heavy atom. The fourth-order valence-corrected chi connectivity index (χ4v) is 3.99. The molecule has 2 atom stereocenters. The maximum absolute atomic E-state index is 12.9. The number of aliphatic hydroxyl groups excluding tert-OH is 2. The zero-order valence-electron chi connectivity index (χ0n) is 17.8. The van der Waals surface area contributed by atoms with Crippen molar-refractivity contribution in [3.63, 3.8) is 0 Å². The maximum Gasteiger partial charge on any atom is 0.235 e. The zero-order chi connectivity index (χ0) is 22.1. The molecule has 0 radical (unpaired) electrons. The van der Waals surface area contributed by atoms with Crippen LogP contribution in [0.1, 0.15) is 48.6 Å². The summed E-state index contributed by atoms with van der Waals surface area (Å²) in [6.07, 6.45) is 2.17. The molecule has 0 aromatic heterocycles. The Kier molecular flexibility index (Phi) is 8.20. The number of nitrogens with one attached hydrogen (secondary N) is 2. The van der Waals surface area contributed by atoms with Gasteiger partial charge in [0, 0.05) is 38.1 Å². The molecule has 0 unspecified atom stereocenters. The summed E-state index contributed by atoms with van der Waals surface area (Å²) in [5.41, 5.74) is 1.11. The van der Waals surface area contributed by atoms with Crippen LogP contribution in [0.5, 0.6) is 0 Å². The molecule has 166 valence electrons. The standard InChI is InChI=1S/C25H32N2O4/c28-15-11-21(19-7-3-1-4-8-19)17-26-23(30)25(13-14-25)24(31)27-18-22(12-16-29)20-9-5-2-6-10-20/h1-10,21-22,28-29H,11-18H2,(H,26,30)(H,27,31)/t21-,22-/m1/s1. The zero-order valence-corrected chi connectivity index (χ0v) is 17.8. The van der Waals surface area contributed by atoms with Crippen molar-refractivity contribution in [3.05, 3.63) is 71.8 Å². The molecule has 31 heavy (non-hydrogen) atoms. The van der Waals surface area contributed by atoms with Crippen LogP contribution in [0, 0.1) is 5.41 Å². The Morgan fingerprint density at radius 3 is 1.45 bits per heavy atom. The molecule has 1 saturated carbocycles. The van der Waals surface area contributed by atoms with E-state index in [1.807, 2.05) is 60.7 Å². The summed E-state index contributed by atoms with van der Waals surface area (Å²) in [6.45, 7) is 0.838. The van der Waals surface area contributed by atoms with Crippen LogP contribution in [0.25, 0.3) is 0 Å². The predicted molar refractivity (Wildman–Crippen MR) is 119 cm³/mol. The highest BCUT2D eigenvalue weighted by molar-refractivity contribution is 6.07. The summed E-state index contributed by atoms with van der Waals surface area (Å²) in [4.78, 5) is 25.7. The van der Waals surface area contributed by atoms with E-state index in [-0.39, 0.29) is 36.9 Å². The lowest BCUT2D eigenvalue weighted by Gasteiger charge is -2.22. The van der Waals surface area contributed by atoms with Gasteiger partial charge in [-0.1, -0.05) is 60.7 Å². The van der Waals surface area contributed by atoms with E-state index in [9.17, 15) is 19.8 Å². The van der Waals surface area contributed by atoms with E-state index in [4.69, 9.17) is 0 Å². The molecule has 0 bridgehead atoms. The molecule has 3 rings (SSSR count). The summed E-state index contributed by atoms with van der Waals surface area (Å²) in [5.74, 6) is -0.494. The van der Waals surface area contributed by atoms with Crippen LogP contribution in [-0.4, -0.2) is 48.3 Å². The fourth-order valence-electron chi connectivity index (χ4n) is 3.99. The van der Waals surface area contributed by atoms with Crippen LogP contribution in [0.4, 0.5) is 0 Å². The topological polar surface area (TPSA) is 98.7 Å². The first-order valence-electron chi connectivity index (χ1n) is 11.0. The summed E-state index contributed by atoms with van der Waals surface area (Å²) >= 11 is 0. The first kappa shape index (κ1) is 23.0. The van der Waals surface area contributed by atoms with Crippen molar-refractivity contribution in [3.8, 4) is 0 Å². The number of amides is 2. The minimum Gasteiger partial charge on any atom is -0.396 e. The SMILES string of the molecule is O=C(NC[C@@H](CCO)c1ccccc1)C1(C(=O)NC[C@@H](CCO)c2ccccc2)CC1. The third kappa shape index (κ3) is 5.93. The molecule has 2 aromatic carbocycles. The lowest BCUT2D eigenvalue weighted by Crippen LogP contribution is -2.45. The van der Waals surface area contributed by atoms with Gasteiger partial charge in [0.15, 0.2) is 0 Å². The van der Waals surface area contributed by atoms with Gasteiger partial charge in [-0.2, -0.15) is 0 Å². The van der Waals surface area contributed by atoms with Crippen LogP contribution in [0.2, 0.25) is 0 Å². The molecule has 6 nitrogen and oxygen atoms in total. The van der Waals surface area contributed by atoms with Gasteiger partial charge in [-0.15, -0.1) is 0 Å². The van der Waals surface area contributed by atoms with Gasteiger partial charge in [-0.05, 0) is 36.8 Å². The Morgan fingerprint density at radius 2 is 1.13 bits per heavy atom. The second kappa shape index (κ2) is 11.1. The smallest absolute Gasteiger partial charge is 0.235 e. The molecule has 1 aliphatic rings.